The standard InChI is InChI=1S/C12H16BrNO/c1-9(2)6-12(15)14-8-10-4-3-5-11(13)7-10/h3-5,7,9H,6,8H2,1-2H3,(H,14,15). The van der Waals surface area contributed by atoms with E-state index in [2.05, 4.69) is 21.2 Å². The number of carbonyl (C=O) groups excluding carboxylic acids is 1. The molecule has 0 aliphatic rings. The maximum absolute atomic E-state index is 11.4. The maximum Gasteiger partial charge on any atom is 0.220 e. The highest BCUT2D eigenvalue weighted by Gasteiger charge is 2.03. The van der Waals surface area contributed by atoms with Gasteiger partial charge in [-0.3, -0.25) is 4.79 Å². The van der Waals surface area contributed by atoms with Crippen LogP contribution in [-0.4, -0.2) is 5.91 Å². The molecule has 0 aliphatic heterocycles. The lowest BCUT2D eigenvalue weighted by atomic mass is 10.1. The molecule has 0 saturated carbocycles. The molecule has 0 bridgehead atoms. The monoisotopic (exact) mass is 269 g/mol. The summed E-state index contributed by atoms with van der Waals surface area (Å²) in [7, 11) is 0. The summed E-state index contributed by atoms with van der Waals surface area (Å²) in [5.74, 6) is 0.525. The molecule has 2 nitrogen and oxygen atoms in total. The normalized spacial score (nSPS) is 10.4. The first-order valence-corrected chi connectivity index (χ1v) is 5.88. The molecule has 1 aromatic carbocycles. The fraction of sp³-hybridized carbons (Fsp3) is 0.417. The molecule has 0 radical (unpaired) electrons. The number of rotatable bonds is 4. The molecule has 0 fully saturated rings. The fourth-order valence-electron chi connectivity index (χ4n) is 1.29. The van der Waals surface area contributed by atoms with Crippen molar-refractivity contribution >= 4 is 21.8 Å². The molecule has 0 heterocycles. The van der Waals surface area contributed by atoms with Crippen molar-refractivity contribution in [2.45, 2.75) is 26.8 Å². The van der Waals surface area contributed by atoms with Crippen LogP contribution in [0.3, 0.4) is 0 Å². The van der Waals surface area contributed by atoms with Gasteiger partial charge in [-0.25, -0.2) is 0 Å². The Bertz CT molecular complexity index is 336. The Balaban J connectivity index is 2.40. The molecule has 15 heavy (non-hydrogen) atoms. The Kier molecular flexibility index (Phi) is 4.82. The number of hydrogen-bond donors (Lipinski definition) is 1. The highest BCUT2D eigenvalue weighted by Crippen LogP contribution is 2.11. The van der Waals surface area contributed by atoms with Gasteiger partial charge < -0.3 is 5.32 Å². The van der Waals surface area contributed by atoms with Crippen LogP contribution in [0.15, 0.2) is 28.7 Å². The molecular formula is C12H16BrNO. The molecule has 0 aliphatic carbocycles. The van der Waals surface area contributed by atoms with Crippen molar-refractivity contribution < 1.29 is 4.79 Å². The largest absolute Gasteiger partial charge is 0.352 e. The van der Waals surface area contributed by atoms with Crippen LogP contribution in [0.4, 0.5) is 0 Å². The van der Waals surface area contributed by atoms with E-state index in [1.807, 2.05) is 38.1 Å². The molecule has 1 rings (SSSR count). The van der Waals surface area contributed by atoms with E-state index in [0.29, 0.717) is 18.9 Å². The molecular weight excluding hydrogens is 254 g/mol. The SMILES string of the molecule is CC(C)CC(=O)NCc1cccc(Br)c1. The molecule has 0 aromatic heterocycles. The van der Waals surface area contributed by atoms with Crippen LogP contribution in [-0.2, 0) is 11.3 Å². The van der Waals surface area contributed by atoms with Gasteiger partial charge in [0, 0.05) is 17.4 Å². The Labute approximate surface area is 99.2 Å². The van der Waals surface area contributed by atoms with E-state index < -0.39 is 0 Å². The first-order valence-electron chi connectivity index (χ1n) is 5.09. The Morgan fingerprint density at radius 3 is 2.80 bits per heavy atom. The molecule has 1 N–H and O–H groups in total. The lowest BCUT2D eigenvalue weighted by Crippen LogP contribution is -2.23. The van der Waals surface area contributed by atoms with Crippen LogP contribution in [0, 0.1) is 5.92 Å². The summed E-state index contributed by atoms with van der Waals surface area (Å²) in [4.78, 5) is 11.4. The Hall–Kier alpha value is -0.830. The van der Waals surface area contributed by atoms with Gasteiger partial charge in [0.15, 0.2) is 0 Å². The number of benzene rings is 1. The van der Waals surface area contributed by atoms with Gasteiger partial charge in [0.2, 0.25) is 5.91 Å². The molecule has 1 aromatic rings. The van der Waals surface area contributed by atoms with Gasteiger partial charge in [0.1, 0.15) is 0 Å². The second-order valence-corrected chi connectivity index (χ2v) is 4.92. The summed E-state index contributed by atoms with van der Waals surface area (Å²) in [6, 6.07) is 7.95. The van der Waals surface area contributed by atoms with Crippen LogP contribution in [0.5, 0.6) is 0 Å². The van der Waals surface area contributed by atoms with Gasteiger partial charge in [-0.05, 0) is 23.6 Å². The maximum atomic E-state index is 11.4. The summed E-state index contributed by atoms with van der Waals surface area (Å²) in [5, 5.41) is 2.90. The van der Waals surface area contributed by atoms with Gasteiger partial charge in [0.05, 0.1) is 0 Å². The third-order valence-electron chi connectivity index (χ3n) is 1.97. The molecule has 0 spiro atoms. The topological polar surface area (TPSA) is 29.1 Å². The number of amides is 1. The Morgan fingerprint density at radius 2 is 2.20 bits per heavy atom. The minimum Gasteiger partial charge on any atom is -0.352 e. The van der Waals surface area contributed by atoms with Crippen LogP contribution >= 0.6 is 15.9 Å². The molecule has 0 unspecified atom stereocenters. The van der Waals surface area contributed by atoms with Crippen molar-refractivity contribution in [2.75, 3.05) is 0 Å². The fourth-order valence-corrected chi connectivity index (χ4v) is 1.74. The van der Waals surface area contributed by atoms with Crippen molar-refractivity contribution in [2.24, 2.45) is 5.92 Å². The molecule has 0 atom stereocenters. The van der Waals surface area contributed by atoms with E-state index in [-0.39, 0.29) is 5.91 Å². The third kappa shape index (κ3) is 4.98. The summed E-state index contributed by atoms with van der Waals surface area (Å²) in [5.41, 5.74) is 1.11. The summed E-state index contributed by atoms with van der Waals surface area (Å²) in [6.07, 6.45) is 0.591. The minimum atomic E-state index is 0.116. The summed E-state index contributed by atoms with van der Waals surface area (Å²) in [6.45, 7) is 4.68. The van der Waals surface area contributed by atoms with Crippen molar-refractivity contribution in [1.82, 2.24) is 5.32 Å². The third-order valence-corrected chi connectivity index (χ3v) is 2.47. The zero-order valence-corrected chi connectivity index (χ0v) is 10.7. The number of halogens is 1. The van der Waals surface area contributed by atoms with Gasteiger partial charge >= 0.3 is 0 Å². The molecule has 82 valence electrons. The van der Waals surface area contributed by atoms with Crippen molar-refractivity contribution in [3.8, 4) is 0 Å². The van der Waals surface area contributed by atoms with Gasteiger partial charge in [-0.1, -0.05) is 41.9 Å². The van der Waals surface area contributed by atoms with Gasteiger partial charge in [0.25, 0.3) is 0 Å². The molecule has 0 saturated heterocycles. The van der Waals surface area contributed by atoms with E-state index >= 15 is 0 Å². The van der Waals surface area contributed by atoms with E-state index in [1.165, 1.54) is 0 Å². The van der Waals surface area contributed by atoms with E-state index in [0.717, 1.165) is 10.0 Å². The van der Waals surface area contributed by atoms with Crippen LogP contribution in [0.1, 0.15) is 25.8 Å². The summed E-state index contributed by atoms with van der Waals surface area (Å²) >= 11 is 3.40. The van der Waals surface area contributed by atoms with Crippen molar-refractivity contribution in [1.29, 1.82) is 0 Å². The van der Waals surface area contributed by atoms with Gasteiger partial charge in [-0.2, -0.15) is 0 Å². The quantitative estimate of drug-likeness (QED) is 0.894. The number of carbonyl (C=O) groups is 1. The second-order valence-electron chi connectivity index (χ2n) is 4.00. The van der Waals surface area contributed by atoms with Crippen LogP contribution in [0.2, 0.25) is 0 Å². The van der Waals surface area contributed by atoms with E-state index in [4.69, 9.17) is 0 Å². The zero-order chi connectivity index (χ0) is 11.3. The second kappa shape index (κ2) is 5.91. The first-order chi connectivity index (χ1) is 7.08. The highest BCUT2D eigenvalue weighted by atomic mass is 79.9. The zero-order valence-electron chi connectivity index (χ0n) is 9.09. The average Bonchev–Trinajstić information content (AvgIpc) is 2.14. The van der Waals surface area contributed by atoms with E-state index in [1.54, 1.807) is 0 Å². The van der Waals surface area contributed by atoms with Gasteiger partial charge in [-0.15, -0.1) is 0 Å². The lowest BCUT2D eigenvalue weighted by molar-refractivity contribution is -0.121. The van der Waals surface area contributed by atoms with Crippen molar-refractivity contribution in [3.63, 3.8) is 0 Å². The smallest absolute Gasteiger partial charge is 0.220 e. The van der Waals surface area contributed by atoms with E-state index in [9.17, 15) is 4.79 Å². The number of nitrogens with one attached hydrogen (secondary N) is 1. The summed E-state index contributed by atoms with van der Waals surface area (Å²) < 4.78 is 1.04. The minimum absolute atomic E-state index is 0.116. The van der Waals surface area contributed by atoms with Crippen molar-refractivity contribution in [3.05, 3.63) is 34.3 Å². The predicted molar refractivity (Wildman–Crippen MR) is 65.4 cm³/mol. The molecule has 3 heteroatoms. The average molecular weight is 270 g/mol. The van der Waals surface area contributed by atoms with Crippen LogP contribution in [0.25, 0.3) is 0 Å². The van der Waals surface area contributed by atoms with Crippen LogP contribution < -0.4 is 5.32 Å². The Morgan fingerprint density at radius 1 is 1.47 bits per heavy atom. The molecule has 1 amide bonds. The number of hydrogen-bond acceptors (Lipinski definition) is 1. The predicted octanol–water partition coefficient (Wildman–Crippen LogP) is 3.11. The first kappa shape index (κ1) is 12.2. The highest BCUT2D eigenvalue weighted by molar-refractivity contribution is 9.10. The lowest BCUT2D eigenvalue weighted by Gasteiger charge is -2.07.